The molecule has 1 amide bonds. The molecule has 0 saturated carbocycles. The Labute approximate surface area is 139 Å². The van der Waals surface area contributed by atoms with E-state index in [2.05, 4.69) is 10.3 Å². The van der Waals surface area contributed by atoms with Crippen LogP contribution in [-0.4, -0.2) is 30.2 Å². The molecule has 1 aliphatic heterocycles. The van der Waals surface area contributed by atoms with Gasteiger partial charge in [0.1, 0.15) is 12.4 Å². The van der Waals surface area contributed by atoms with E-state index >= 15 is 0 Å². The second-order valence-corrected chi connectivity index (χ2v) is 5.69. The van der Waals surface area contributed by atoms with E-state index in [1.807, 2.05) is 18.2 Å². The highest BCUT2D eigenvalue weighted by molar-refractivity contribution is 6.04. The molecule has 1 aromatic carbocycles. The zero-order chi connectivity index (χ0) is 16.8. The molecule has 3 rings (SSSR count). The number of carbonyl (C=O) groups excluding carboxylic acids is 1. The molecule has 126 valence electrons. The lowest BCUT2D eigenvalue weighted by Crippen LogP contribution is -2.26. The van der Waals surface area contributed by atoms with Crippen LogP contribution in [0.4, 0.5) is 5.69 Å². The molecule has 24 heavy (non-hydrogen) atoms. The lowest BCUT2D eigenvalue weighted by molar-refractivity contribution is -0.0109. The number of para-hydroxylation sites is 2. The SMILES string of the molecule is O=C(Nc1ccccc1OC[C@H]1CCCCO1)c1ccc(=O)[nH]c1. The second kappa shape index (κ2) is 7.79. The van der Waals surface area contributed by atoms with Gasteiger partial charge in [-0.3, -0.25) is 9.59 Å². The van der Waals surface area contributed by atoms with Crippen molar-refractivity contribution < 1.29 is 14.3 Å². The monoisotopic (exact) mass is 328 g/mol. The van der Waals surface area contributed by atoms with Crippen LogP contribution in [0.1, 0.15) is 29.6 Å². The largest absolute Gasteiger partial charge is 0.489 e. The maximum absolute atomic E-state index is 12.3. The second-order valence-electron chi connectivity index (χ2n) is 5.69. The van der Waals surface area contributed by atoms with E-state index in [1.165, 1.54) is 18.3 Å². The minimum atomic E-state index is -0.309. The summed E-state index contributed by atoms with van der Waals surface area (Å²) in [5.74, 6) is 0.292. The summed E-state index contributed by atoms with van der Waals surface area (Å²) in [4.78, 5) is 25.8. The van der Waals surface area contributed by atoms with E-state index < -0.39 is 0 Å². The molecule has 0 aliphatic carbocycles. The smallest absolute Gasteiger partial charge is 0.257 e. The normalized spacial score (nSPS) is 17.2. The van der Waals surface area contributed by atoms with Crippen LogP contribution in [0.3, 0.4) is 0 Å². The summed E-state index contributed by atoms with van der Waals surface area (Å²) >= 11 is 0. The summed E-state index contributed by atoms with van der Waals surface area (Å²) in [5, 5.41) is 2.81. The number of rotatable bonds is 5. The molecule has 1 saturated heterocycles. The molecule has 1 atom stereocenters. The Morgan fingerprint density at radius 1 is 1.25 bits per heavy atom. The fraction of sp³-hybridized carbons (Fsp3) is 0.333. The summed E-state index contributed by atoms with van der Waals surface area (Å²) < 4.78 is 11.5. The first kappa shape index (κ1) is 16.3. The molecule has 6 nitrogen and oxygen atoms in total. The Morgan fingerprint density at radius 2 is 2.12 bits per heavy atom. The molecular formula is C18H20N2O4. The summed E-state index contributed by atoms with van der Waals surface area (Å²) in [6, 6.07) is 10.1. The third kappa shape index (κ3) is 4.23. The number of pyridine rings is 1. The highest BCUT2D eigenvalue weighted by Crippen LogP contribution is 2.25. The Bertz CT molecular complexity index is 730. The van der Waals surface area contributed by atoms with E-state index in [0.717, 1.165) is 25.9 Å². The van der Waals surface area contributed by atoms with Crippen molar-refractivity contribution in [2.75, 3.05) is 18.5 Å². The van der Waals surface area contributed by atoms with E-state index in [9.17, 15) is 9.59 Å². The zero-order valence-electron chi connectivity index (χ0n) is 13.3. The fourth-order valence-electron chi connectivity index (χ4n) is 2.56. The van der Waals surface area contributed by atoms with Gasteiger partial charge in [-0.15, -0.1) is 0 Å². The third-order valence-corrected chi connectivity index (χ3v) is 3.88. The van der Waals surface area contributed by atoms with Gasteiger partial charge in [-0.1, -0.05) is 12.1 Å². The van der Waals surface area contributed by atoms with E-state index in [0.29, 0.717) is 23.6 Å². The average molecular weight is 328 g/mol. The number of anilines is 1. The van der Waals surface area contributed by atoms with Crippen LogP contribution in [0.2, 0.25) is 0 Å². The van der Waals surface area contributed by atoms with Gasteiger partial charge in [0.05, 0.1) is 17.4 Å². The van der Waals surface area contributed by atoms with E-state index in [4.69, 9.17) is 9.47 Å². The number of ether oxygens (including phenoxy) is 2. The van der Waals surface area contributed by atoms with Crippen molar-refractivity contribution in [1.29, 1.82) is 0 Å². The lowest BCUT2D eigenvalue weighted by Gasteiger charge is -2.23. The summed E-state index contributed by atoms with van der Waals surface area (Å²) in [5.41, 5.74) is 0.715. The van der Waals surface area contributed by atoms with Crippen LogP contribution < -0.4 is 15.6 Å². The van der Waals surface area contributed by atoms with Crippen LogP contribution in [0.25, 0.3) is 0 Å². The van der Waals surface area contributed by atoms with Crippen molar-refractivity contribution in [2.45, 2.75) is 25.4 Å². The Balaban J connectivity index is 1.65. The van der Waals surface area contributed by atoms with Crippen molar-refractivity contribution in [2.24, 2.45) is 0 Å². The van der Waals surface area contributed by atoms with Crippen molar-refractivity contribution in [1.82, 2.24) is 4.98 Å². The zero-order valence-corrected chi connectivity index (χ0v) is 13.3. The minimum absolute atomic E-state index is 0.0988. The number of aromatic amines is 1. The number of benzene rings is 1. The number of hydrogen-bond acceptors (Lipinski definition) is 4. The van der Waals surface area contributed by atoms with Crippen LogP contribution in [0.5, 0.6) is 5.75 Å². The van der Waals surface area contributed by atoms with Gasteiger partial charge >= 0.3 is 0 Å². The molecule has 0 spiro atoms. The molecule has 1 fully saturated rings. The molecule has 0 unspecified atom stereocenters. The average Bonchev–Trinajstić information content (AvgIpc) is 2.62. The molecule has 0 radical (unpaired) electrons. The minimum Gasteiger partial charge on any atom is -0.489 e. The van der Waals surface area contributed by atoms with Crippen molar-refractivity contribution in [3.63, 3.8) is 0 Å². The molecule has 1 aromatic heterocycles. The molecule has 6 heteroatoms. The third-order valence-electron chi connectivity index (χ3n) is 3.88. The summed E-state index contributed by atoms with van der Waals surface area (Å²) in [6.07, 6.45) is 4.73. The number of aromatic nitrogens is 1. The van der Waals surface area contributed by atoms with Crippen LogP contribution in [0.15, 0.2) is 47.4 Å². The highest BCUT2D eigenvalue weighted by Gasteiger charge is 2.16. The number of H-pyrrole nitrogens is 1. The molecule has 2 heterocycles. The van der Waals surface area contributed by atoms with Crippen molar-refractivity contribution >= 4 is 11.6 Å². The van der Waals surface area contributed by atoms with Gasteiger partial charge in [0.25, 0.3) is 5.91 Å². The number of carbonyl (C=O) groups is 1. The van der Waals surface area contributed by atoms with E-state index in [1.54, 1.807) is 6.07 Å². The Morgan fingerprint density at radius 3 is 2.88 bits per heavy atom. The lowest BCUT2D eigenvalue weighted by atomic mass is 10.1. The first-order valence-corrected chi connectivity index (χ1v) is 8.06. The maximum Gasteiger partial charge on any atom is 0.257 e. The highest BCUT2D eigenvalue weighted by atomic mass is 16.5. The van der Waals surface area contributed by atoms with Crippen molar-refractivity contribution in [3.05, 3.63) is 58.5 Å². The van der Waals surface area contributed by atoms with Gasteiger partial charge in [-0.2, -0.15) is 0 Å². The van der Waals surface area contributed by atoms with Gasteiger partial charge in [0.15, 0.2) is 0 Å². The number of hydrogen-bond donors (Lipinski definition) is 2. The van der Waals surface area contributed by atoms with Gasteiger partial charge in [0, 0.05) is 18.9 Å². The topological polar surface area (TPSA) is 80.4 Å². The van der Waals surface area contributed by atoms with Gasteiger partial charge < -0.3 is 19.8 Å². The molecule has 2 aromatic rings. The number of nitrogens with one attached hydrogen (secondary N) is 2. The van der Waals surface area contributed by atoms with Gasteiger partial charge in [0.2, 0.25) is 5.56 Å². The summed E-state index contributed by atoms with van der Waals surface area (Å²) in [7, 11) is 0. The maximum atomic E-state index is 12.3. The summed E-state index contributed by atoms with van der Waals surface area (Å²) in [6.45, 7) is 1.24. The molecule has 2 N–H and O–H groups in total. The van der Waals surface area contributed by atoms with Gasteiger partial charge in [-0.05, 0) is 37.5 Å². The van der Waals surface area contributed by atoms with Gasteiger partial charge in [-0.25, -0.2) is 0 Å². The predicted octanol–water partition coefficient (Wildman–Crippen LogP) is 2.58. The first-order chi connectivity index (χ1) is 11.7. The van der Waals surface area contributed by atoms with Crippen LogP contribution >= 0.6 is 0 Å². The van der Waals surface area contributed by atoms with E-state index in [-0.39, 0.29) is 17.6 Å². The fourth-order valence-corrected chi connectivity index (χ4v) is 2.56. The quantitative estimate of drug-likeness (QED) is 0.884. The predicted molar refractivity (Wildman–Crippen MR) is 90.5 cm³/mol. The van der Waals surface area contributed by atoms with Crippen molar-refractivity contribution in [3.8, 4) is 5.75 Å². The standard InChI is InChI=1S/C18H20N2O4/c21-17-9-8-13(11-19-17)18(22)20-15-6-1-2-7-16(15)24-12-14-5-3-4-10-23-14/h1-2,6-9,11,14H,3-5,10,12H2,(H,19,21)(H,20,22)/t14-/m1/s1. The number of amides is 1. The van der Waals surface area contributed by atoms with Crippen LogP contribution in [-0.2, 0) is 4.74 Å². The molecule has 0 bridgehead atoms. The molecular weight excluding hydrogens is 308 g/mol. The molecule has 1 aliphatic rings. The first-order valence-electron chi connectivity index (χ1n) is 8.06. The Kier molecular flexibility index (Phi) is 5.28. The van der Waals surface area contributed by atoms with Crippen LogP contribution in [0, 0.1) is 0 Å². The Hall–Kier alpha value is -2.60.